The lowest BCUT2D eigenvalue weighted by Gasteiger charge is -2.15. The van der Waals surface area contributed by atoms with E-state index in [9.17, 15) is 9.59 Å². The zero-order valence-corrected chi connectivity index (χ0v) is 17.1. The second kappa shape index (κ2) is 8.02. The molecule has 0 fully saturated rings. The molecule has 7 heteroatoms. The normalized spacial score (nSPS) is 12.4. The van der Waals surface area contributed by atoms with E-state index in [1.807, 2.05) is 50.2 Å². The van der Waals surface area contributed by atoms with Crippen LogP contribution in [-0.4, -0.2) is 27.8 Å². The van der Waals surface area contributed by atoms with E-state index in [2.05, 4.69) is 10.4 Å². The van der Waals surface area contributed by atoms with Crippen LogP contribution in [0.4, 0.5) is 5.82 Å². The van der Waals surface area contributed by atoms with Crippen molar-refractivity contribution in [3.8, 4) is 0 Å². The van der Waals surface area contributed by atoms with Gasteiger partial charge in [0.25, 0.3) is 5.91 Å². The minimum absolute atomic E-state index is 0.0164. The first-order valence-corrected chi connectivity index (χ1v) is 9.85. The Morgan fingerprint density at radius 1 is 1.13 bits per heavy atom. The number of aromatic nitrogens is 2. The molecule has 7 nitrogen and oxygen atoms in total. The Morgan fingerprint density at radius 3 is 2.73 bits per heavy atom. The molecule has 2 heterocycles. The Kier molecular flexibility index (Phi) is 5.27. The number of amides is 1. The number of fused-ring (bicyclic) bond motifs is 3. The molecule has 0 aliphatic rings. The van der Waals surface area contributed by atoms with Gasteiger partial charge >= 0.3 is 5.97 Å². The van der Waals surface area contributed by atoms with Gasteiger partial charge in [0.05, 0.1) is 18.9 Å². The molecule has 0 aliphatic carbocycles. The van der Waals surface area contributed by atoms with E-state index in [-0.39, 0.29) is 12.5 Å². The quantitative estimate of drug-likeness (QED) is 0.478. The van der Waals surface area contributed by atoms with Crippen LogP contribution in [0.3, 0.4) is 0 Å². The molecule has 4 rings (SSSR count). The molecule has 1 N–H and O–H groups in total. The zero-order chi connectivity index (χ0) is 21.3. The summed E-state index contributed by atoms with van der Waals surface area (Å²) in [5.41, 5.74) is 1.45. The van der Waals surface area contributed by atoms with Crippen molar-refractivity contribution in [2.75, 3.05) is 5.32 Å². The van der Waals surface area contributed by atoms with E-state index in [4.69, 9.17) is 9.15 Å². The van der Waals surface area contributed by atoms with Crippen LogP contribution in [0.15, 0.2) is 59.3 Å². The van der Waals surface area contributed by atoms with Gasteiger partial charge in [0.1, 0.15) is 11.4 Å². The molecule has 0 aliphatic heterocycles. The predicted molar refractivity (Wildman–Crippen MR) is 114 cm³/mol. The maximum absolute atomic E-state index is 12.5. The first-order chi connectivity index (χ1) is 14.4. The summed E-state index contributed by atoms with van der Waals surface area (Å²) in [5, 5.41) is 9.90. The van der Waals surface area contributed by atoms with Crippen LogP contribution in [0.5, 0.6) is 0 Å². The summed E-state index contributed by atoms with van der Waals surface area (Å²) in [4.78, 5) is 25.0. The molecule has 1 amide bonds. The van der Waals surface area contributed by atoms with Gasteiger partial charge in [-0.2, -0.15) is 5.10 Å². The Morgan fingerprint density at radius 2 is 1.93 bits per heavy atom. The number of nitrogens with one attached hydrogen (secondary N) is 1. The minimum Gasteiger partial charge on any atom is -0.464 e. The number of carbonyl (C=O) groups excluding carboxylic acids is 2. The maximum atomic E-state index is 12.5. The van der Waals surface area contributed by atoms with Crippen molar-refractivity contribution in [2.45, 2.75) is 39.3 Å². The third kappa shape index (κ3) is 3.78. The van der Waals surface area contributed by atoms with Crippen LogP contribution < -0.4 is 5.32 Å². The fraction of sp³-hybridized carbons (Fsp3) is 0.261. The lowest BCUT2D eigenvalue weighted by molar-refractivity contribution is -0.152. The first kappa shape index (κ1) is 19.7. The molecule has 0 saturated heterocycles. The molecule has 1 atom stereocenters. The lowest BCUT2D eigenvalue weighted by Crippen LogP contribution is -2.31. The highest BCUT2D eigenvalue weighted by molar-refractivity contribution is 6.08. The molecule has 1 unspecified atom stereocenters. The van der Waals surface area contributed by atoms with E-state index >= 15 is 0 Å². The molecule has 0 saturated carbocycles. The van der Waals surface area contributed by atoms with Crippen LogP contribution in [0.2, 0.25) is 0 Å². The standard InChI is InChI=1S/C23H23N3O4/c1-14(2)26-20(10-11-24-26)25-23(28)15(3)30-21(27)12-17-13-29-19-9-8-16-6-4-5-7-18(16)22(17)19/h4-11,13-15H,12H2,1-3H3,(H,25,28). The second-order valence-electron chi connectivity index (χ2n) is 7.47. The van der Waals surface area contributed by atoms with E-state index in [0.29, 0.717) is 11.4 Å². The number of anilines is 1. The van der Waals surface area contributed by atoms with Gasteiger partial charge in [0.2, 0.25) is 0 Å². The number of hydrogen-bond donors (Lipinski definition) is 1. The van der Waals surface area contributed by atoms with Gasteiger partial charge in [-0.05, 0) is 37.6 Å². The average Bonchev–Trinajstić information content (AvgIpc) is 3.35. The van der Waals surface area contributed by atoms with E-state index in [1.165, 1.54) is 0 Å². The number of ether oxygens (including phenoxy) is 1. The summed E-state index contributed by atoms with van der Waals surface area (Å²) in [6, 6.07) is 13.6. The highest BCUT2D eigenvalue weighted by atomic mass is 16.5. The van der Waals surface area contributed by atoms with Crippen molar-refractivity contribution >= 4 is 39.4 Å². The number of hydrogen-bond acceptors (Lipinski definition) is 5. The lowest BCUT2D eigenvalue weighted by atomic mass is 10.0. The van der Waals surface area contributed by atoms with Crippen molar-refractivity contribution in [1.29, 1.82) is 0 Å². The van der Waals surface area contributed by atoms with Gasteiger partial charge in [0, 0.05) is 23.1 Å². The van der Waals surface area contributed by atoms with Crippen LogP contribution in [0.25, 0.3) is 21.7 Å². The summed E-state index contributed by atoms with van der Waals surface area (Å²) in [6.07, 6.45) is 2.26. The van der Waals surface area contributed by atoms with Crippen LogP contribution in [-0.2, 0) is 20.7 Å². The first-order valence-electron chi connectivity index (χ1n) is 9.85. The number of nitrogens with zero attached hydrogens (tertiary/aromatic N) is 2. The van der Waals surface area contributed by atoms with Gasteiger partial charge in [-0.3, -0.25) is 9.59 Å². The van der Waals surface area contributed by atoms with Gasteiger partial charge in [-0.1, -0.05) is 30.3 Å². The minimum atomic E-state index is -0.942. The molecular formula is C23H23N3O4. The fourth-order valence-electron chi connectivity index (χ4n) is 3.51. The van der Waals surface area contributed by atoms with Gasteiger partial charge in [0.15, 0.2) is 6.10 Å². The largest absolute Gasteiger partial charge is 0.464 e. The smallest absolute Gasteiger partial charge is 0.311 e. The third-order valence-electron chi connectivity index (χ3n) is 4.96. The average molecular weight is 405 g/mol. The molecule has 2 aromatic carbocycles. The van der Waals surface area contributed by atoms with Crippen molar-refractivity contribution in [3.63, 3.8) is 0 Å². The molecule has 4 aromatic rings. The van der Waals surface area contributed by atoms with Gasteiger partial charge < -0.3 is 14.5 Å². The maximum Gasteiger partial charge on any atom is 0.311 e. The number of carbonyl (C=O) groups is 2. The number of furan rings is 1. The van der Waals surface area contributed by atoms with E-state index in [1.54, 1.807) is 30.1 Å². The zero-order valence-electron chi connectivity index (χ0n) is 17.1. The number of esters is 1. The van der Waals surface area contributed by atoms with Crippen molar-refractivity contribution in [2.24, 2.45) is 0 Å². The highest BCUT2D eigenvalue weighted by Gasteiger charge is 2.21. The highest BCUT2D eigenvalue weighted by Crippen LogP contribution is 2.30. The summed E-state index contributed by atoms with van der Waals surface area (Å²) in [7, 11) is 0. The molecule has 154 valence electrons. The Balaban J connectivity index is 1.46. The summed E-state index contributed by atoms with van der Waals surface area (Å²) >= 11 is 0. The topological polar surface area (TPSA) is 86.4 Å². The third-order valence-corrected chi connectivity index (χ3v) is 4.96. The van der Waals surface area contributed by atoms with Crippen molar-refractivity contribution in [3.05, 3.63) is 60.5 Å². The molecule has 2 aromatic heterocycles. The Hall–Kier alpha value is -3.61. The monoisotopic (exact) mass is 405 g/mol. The van der Waals surface area contributed by atoms with Crippen molar-refractivity contribution in [1.82, 2.24) is 9.78 Å². The van der Waals surface area contributed by atoms with Crippen LogP contribution in [0.1, 0.15) is 32.4 Å². The molecule has 0 spiro atoms. The van der Waals surface area contributed by atoms with Gasteiger partial charge in [-0.15, -0.1) is 0 Å². The van der Waals surface area contributed by atoms with E-state index < -0.39 is 18.0 Å². The second-order valence-corrected chi connectivity index (χ2v) is 7.47. The Bertz CT molecular complexity index is 1220. The predicted octanol–water partition coefficient (Wildman–Crippen LogP) is 4.48. The SMILES string of the molecule is CC(OC(=O)Cc1coc2ccc3ccccc3c12)C(=O)Nc1ccnn1C(C)C. The molecule has 0 radical (unpaired) electrons. The molecule has 0 bridgehead atoms. The summed E-state index contributed by atoms with van der Waals surface area (Å²) in [5.74, 6) is -0.343. The Labute approximate surface area is 173 Å². The molecule has 30 heavy (non-hydrogen) atoms. The van der Waals surface area contributed by atoms with Gasteiger partial charge in [-0.25, -0.2) is 4.68 Å². The van der Waals surface area contributed by atoms with Crippen LogP contribution in [0, 0.1) is 0 Å². The number of rotatable bonds is 6. The molecular weight excluding hydrogens is 382 g/mol. The summed E-state index contributed by atoms with van der Waals surface area (Å²) < 4.78 is 12.7. The van der Waals surface area contributed by atoms with Crippen molar-refractivity contribution < 1.29 is 18.7 Å². The number of benzene rings is 2. The summed E-state index contributed by atoms with van der Waals surface area (Å²) in [6.45, 7) is 5.47. The van der Waals surface area contributed by atoms with Crippen LogP contribution >= 0.6 is 0 Å². The fourth-order valence-corrected chi connectivity index (χ4v) is 3.51. The van der Waals surface area contributed by atoms with E-state index in [0.717, 1.165) is 21.7 Å².